The third-order valence-corrected chi connectivity index (χ3v) is 2.59. The molecular weight excluding hydrogens is 315 g/mol. The molecular formula is C12H9IN2O. The maximum Gasteiger partial charge on any atom is 0.146 e. The number of furan rings is 1. The second-order valence-corrected chi connectivity index (χ2v) is 4.30. The molecule has 80 valence electrons. The lowest BCUT2D eigenvalue weighted by Gasteiger charge is -1.90. The van der Waals surface area contributed by atoms with E-state index in [1.54, 1.807) is 18.7 Å². The summed E-state index contributed by atoms with van der Waals surface area (Å²) in [4.78, 5) is 0. The van der Waals surface area contributed by atoms with Gasteiger partial charge in [-0.25, -0.2) is 0 Å². The van der Waals surface area contributed by atoms with E-state index in [-0.39, 0.29) is 0 Å². The maximum absolute atomic E-state index is 5.08. The Bertz CT molecular complexity index is 486. The van der Waals surface area contributed by atoms with Gasteiger partial charge in [0.2, 0.25) is 0 Å². The highest BCUT2D eigenvalue weighted by molar-refractivity contribution is 14.1. The maximum atomic E-state index is 5.08. The van der Waals surface area contributed by atoms with E-state index < -0.39 is 0 Å². The lowest BCUT2D eigenvalue weighted by atomic mass is 10.2. The molecule has 2 aromatic rings. The summed E-state index contributed by atoms with van der Waals surface area (Å²) < 4.78 is 6.28. The van der Waals surface area contributed by atoms with Gasteiger partial charge in [0.1, 0.15) is 5.76 Å². The summed E-state index contributed by atoms with van der Waals surface area (Å²) in [7, 11) is 0. The van der Waals surface area contributed by atoms with E-state index in [1.807, 2.05) is 36.4 Å². The fraction of sp³-hybridized carbons (Fsp3) is 0. The molecule has 1 heterocycles. The highest BCUT2D eigenvalue weighted by Crippen LogP contribution is 2.04. The number of nitrogens with zero attached hydrogens (tertiary/aromatic N) is 2. The number of halogens is 1. The van der Waals surface area contributed by atoms with Gasteiger partial charge in [-0.2, -0.15) is 10.2 Å². The summed E-state index contributed by atoms with van der Waals surface area (Å²) >= 11 is 2.26. The number of rotatable bonds is 3. The number of benzene rings is 1. The van der Waals surface area contributed by atoms with E-state index in [1.165, 1.54) is 3.57 Å². The van der Waals surface area contributed by atoms with Crippen molar-refractivity contribution in [3.05, 3.63) is 57.6 Å². The lowest BCUT2D eigenvalue weighted by Crippen LogP contribution is -1.80. The summed E-state index contributed by atoms with van der Waals surface area (Å²) in [6.45, 7) is 0. The Morgan fingerprint density at radius 3 is 2.44 bits per heavy atom. The molecule has 16 heavy (non-hydrogen) atoms. The van der Waals surface area contributed by atoms with Crippen molar-refractivity contribution in [2.45, 2.75) is 0 Å². The van der Waals surface area contributed by atoms with Crippen molar-refractivity contribution in [3.63, 3.8) is 0 Å². The smallest absolute Gasteiger partial charge is 0.146 e. The van der Waals surface area contributed by atoms with Crippen LogP contribution < -0.4 is 0 Å². The van der Waals surface area contributed by atoms with Crippen molar-refractivity contribution >= 4 is 35.0 Å². The van der Waals surface area contributed by atoms with Gasteiger partial charge < -0.3 is 4.42 Å². The van der Waals surface area contributed by atoms with Gasteiger partial charge in [-0.15, -0.1) is 0 Å². The van der Waals surface area contributed by atoms with E-state index >= 15 is 0 Å². The van der Waals surface area contributed by atoms with Gasteiger partial charge in [0, 0.05) is 3.57 Å². The summed E-state index contributed by atoms with van der Waals surface area (Å²) in [5, 5.41) is 7.81. The summed E-state index contributed by atoms with van der Waals surface area (Å²) in [5.74, 6) is 0.694. The predicted octanol–water partition coefficient (Wildman–Crippen LogP) is 3.34. The molecule has 0 aliphatic carbocycles. The second kappa shape index (κ2) is 5.60. The quantitative estimate of drug-likeness (QED) is 0.485. The van der Waals surface area contributed by atoms with E-state index in [2.05, 4.69) is 32.8 Å². The van der Waals surface area contributed by atoms with Gasteiger partial charge >= 0.3 is 0 Å². The number of hydrogen-bond donors (Lipinski definition) is 0. The van der Waals surface area contributed by atoms with Gasteiger partial charge in [0.15, 0.2) is 0 Å². The zero-order valence-corrected chi connectivity index (χ0v) is 10.5. The van der Waals surface area contributed by atoms with Crippen LogP contribution in [-0.2, 0) is 0 Å². The highest BCUT2D eigenvalue weighted by Gasteiger charge is 1.88. The van der Waals surface area contributed by atoms with Crippen molar-refractivity contribution in [3.8, 4) is 0 Å². The number of hydrogen-bond acceptors (Lipinski definition) is 3. The van der Waals surface area contributed by atoms with Crippen LogP contribution in [0, 0.1) is 3.57 Å². The molecule has 0 atom stereocenters. The molecule has 0 saturated heterocycles. The average Bonchev–Trinajstić information content (AvgIpc) is 2.80. The molecule has 0 radical (unpaired) electrons. The molecule has 0 N–H and O–H groups in total. The Morgan fingerprint density at radius 2 is 1.75 bits per heavy atom. The average molecular weight is 324 g/mol. The molecule has 0 aliphatic rings. The van der Waals surface area contributed by atoms with Crippen LogP contribution in [0.2, 0.25) is 0 Å². The molecule has 2 rings (SSSR count). The Kier molecular flexibility index (Phi) is 3.87. The third-order valence-electron chi connectivity index (χ3n) is 1.87. The minimum atomic E-state index is 0.694. The SMILES string of the molecule is Ic1ccc(/C=N/N=C\c2ccco2)cc1. The van der Waals surface area contributed by atoms with Gasteiger partial charge in [-0.05, 0) is 52.4 Å². The first-order chi connectivity index (χ1) is 7.84. The Labute approximate surface area is 107 Å². The topological polar surface area (TPSA) is 37.9 Å². The zero-order valence-electron chi connectivity index (χ0n) is 8.38. The van der Waals surface area contributed by atoms with Gasteiger partial charge in [-0.1, -0.05) is 12.1 Å². The standard InChI is InChI=1S/C12H9IN2O/c13-11-5-3-10(4-6-11)8-14-15-9-12-2-1-7-16-12/h1-9H/b14-8+,15-9-. The van der Waals surface area contributed by atoms with Crippen LogP contribution in [0.25, 0.3) is 0 Å². The van der Waals surface area contributed by atoms with E-state index in [0.29, 0.717) is 5.76 Å². The first-order valence-corrected chi connectivity index (χ1v) is 5.78. The predicted molar refractivity (Wildman–Crippen MR) is 73.1 cm³/mol. The van der Waals surface area contributed by atoms with Crippen LogP contribution in [0.15, 0.2) is 57.3 Å². The van der Waals surface area contributed by atoms with Crippen molar-refractivity contribution in [1.29, 1.82) is 0 Å². The van der Waals surface area contributed by atoms with E-state index in [9.17, 15) is 0 Å². The second-order valence-electron chi connectivity index (χ2n) is 3.06. The Morgan fingerprint density at radius 1 is 1.00 bits per heavy atom. The molecule has 3 nitrogen and oxygen atoms in total. The van der Waals surface area contributed by atoms with Crippen LogP contribution in [-0.4, -0.2) is 12.4 Å². The van der Waals surface area contributed by atoms with Crippen molar-refractivity contribution in [1.82, 2.24) is 0 Å². The molecule has 0 aliphatic heterocycles. The summed E-state index contributed by atoms with van der Waals surface area (Å²) in [5.41, 5.74) is 1.03. The minimum absolute atomic E-state index is 0.694. The monoisotopic (exact) mass is 324 g/mol. The van der Waals surface area contributed by atoms with Crippen molar-refractivity contribution in [2.75, 3.05) is 0 Å². The van der Waals surface area contributed by atoms with Crippen LogP contribution in [0.3, 0.4) is 0 Å². The molecule has 4 heteroatoms. The first-order valence-electron chi connectivity index (χ1n) is 4.70. The fourth-order valence-corrected chi connectivity index (χ4v) is 1.46. The Hall–Kier alpha value is -1.43. The van der Waals surface area contributed by atoms with Gasteiger partial charge in [0.25, 0.3) is 0 Å². The Balaban J connectivity index is 1.97. The van der Waals surface area contributed by atoms with Crippen LogP contribution in [0.4, 0.5) is 0 Å². The van der Waals surface area contributed by atoms with Gasteiger partial charge in [0.05, 0.1) is 18.7 Å². The van der Waals surface area contributed by atoms with Crippen LogP contribution in [0.1, 0.15) is 11.3 Å². The van der Waals surface area contributed by atoms with Gasteiger partial charge in [-0.3, -0.25) is 0 Å². The summed E-state index contributed by atoms with van der Waals surface area (Å²) in [6.07, 6.45) is 4.88. The molecule has 0 bridgehead atoms. The lowest BCUT2D eigenvalue weighted by molar-refractivity contribution is 0.560. The minimum Gasteiger partial charge on any atom is -0.463 e. The molecule has 0 amide bonds. The fourth-order valence-electron chi connectivity index (χ4n) is 1.10. The summed E-state index contributed by atoms with van der Waals surface area (Å²) in [6, 6.07) is 11.7. The third kappa shape index (κ3) is 3.30. The highest BCUT2D eigenvalue weighted by atomic mass is 127. The van der Waals surface area contributed by atoms with E-state index in [4.69, 9.17) is 4.42 Å². The van der Waals surface area contributed by atoms with Crippen LogP contribution >= 0.6 is 22.6 Å². The van der Waals surface area contributed by atoms with Crippen molar-refractivity contribution < 1.29 is 4.42 Å². The first kappa shape index (κ1) is 11.1. The zero-order chi connectivity index (χ0) is 11.2. The molecule has 0 unspecified atom stereocenters. The van der Waals surface area contributed by atoms with Crippen LogP contribution in [0.5, 0.6) is 0 Å². The molecule has 0 fully saturated rings. The molecule has 1 aromatic heterocycles. The van der Waals surface area contributed by atoms with Crippen molar-refractivity contribution in [2.24, 2.45) is 10.2 Å². The van der Waals surface area contributed by atoms with E-state index in [0.717, 1.165) is 5.56 Å². The molecule has 0 spiro atoms. The molecule has 0 saturated carbocycles. The normalized spacial score (nSPS) is 11.6. The largest absolute Gasteiger partial charge is 0.463 e. The molecule has 1 aromatic carbocycles.